The van der Waals surface area contributed by atoms with E-state index in [1.54, 1.807) is 0 Å². The van der Waals surface area contributed by atoms with Gasteiger partial charge in [0.1, 0.15) is 0 Å². The number of halogens is 4. The van der Waals surface area contributed by atoms with Gasteiger partial charge >= 0.3 is 6.36 Å². The van der Waals surface area contributed by atoms with Gasteiger partial charge in [0.25, 0.3) is 0 Å². The van der Waals surface area contributed by atoms with Crippen molar-refractivity contribution in [3.8, 4) is 5.75 Å². The fourth-order valence-corrected chi connectivity index (χ4v) is 1.40. The molecule has 0 aliphatic heterocycles. The maximum atomic E-state index is 12.0. The van der Waals surface area contributed by atoms with Gasteiger partial charge in [-0.2, -0.15) is 4.98 Å². The molecule has 0 saturated carbocycles. The van der Waals surface area contributed by atoms with E-state index in [9.17, 15) is 13.2 Å². The molecule has 2 aromatic heterocycles. The van der Waals surface area contributed by atoms with E-state index in [0.29, 0.717) is 0 Å². The average Bonchev–Trinajstić information content (AvgIpc) is 2.43. The summed E-state index contributed by atoms with van der Waals surface area (Å²) in [5.74, 6) is -0.386. The highest BCUT2D eigenvalue weighted by Gasteiger charge is 2.32. The number of pyridine rings is 1. The molecule has 0 atom stereocenters. The summed E-state index contributed by atoms with van der Waals surface area (Å²) < 4.78 is 41.1. The molecule has 8 heteroatoms. The van der Waals surface area contributed by atoms with E-state index in [0.717, 1.165) is 0 Å². The maximum Gasteiger partial charge on any atom is 0.573 e. The lowest BCUT2D eigenvalue weighted by Crippen LogP contribution is -2.17. The van der Waals surface area contributed by atoms with Crippen LogP contribution in [0.25, 0.3) is 5.65 Å². The normalized spacial score (nSPS) is 12.0. The zero-order chi connectivity index (χ0) is 11.1. The topological polar surface area (TPSA) is 39.4 Å². The van der Waals surface area contributed by atoms with Gasteiger partial charge in [-0.05, 0) is 28.1 Å². The Morgan fingerprint density at radius 1 is 1.40 bits per heavy atom. The summed E-state index contributed by atoms with van der Waals surface area (Å²) in [5, 5.41) is 3.78. The fourth-order valence-electron chi connectivity index (χ4n) is 1.06. The summed E-state index contributed by atoms with van der Waals surface area (Å²) in [6, 6.07) is 2.55. The van der Waals surface area contributed by atoms with Crippen molar-refractivity contribution < 1.29 is 17.9 Å². The Balaban J connectivity index is 2.51. The number of hydrogen-bond donors (Lipinski definition) is 0. The quantitative estimate of drug-likeness (QED) is 0.806. The molecule has 80 valence electrons. The van der Waals surface area contributed by atoms with Crippen molar-refractivity contribution in [2.75, 3.05) is 0 Å². The number of fused-ring (bicyclic) bond motifs is 1. The fraction of sp³-hybridized carbons (Fsp3) is 0.143. The number of aromatic nitrogens is 3. The highest BCUT2D eigenvalue weighted by molar-refractivity contribution is 9.10. The third-order valence-corrected chi connectivity index (χ3v) is 1.86. The van der Waals surface area contributed by atoms with Gasteiger partial charge in [-0.15, -0.1) is 18.3 Å². The van der Waals surface area contributed by atoms with Gasteiger partial charge < -0.3 is 4.74 Å². The molecule has 0 saturated heterocycles. The first-order valence-corrected chi connectivity index (χ1v) is 4.52. The average molecular weight is 282 g/mol. The van der Waals surface area contributed by atoms with Crippen molar-refractivity contribution in [1.82, 2.24) is 14.6 Å². The maximum absolute atomic E-state index is 12.0. The number of rotatable bonds is 1. The van der Waals surface area contributed by atoms with E-state index in [2.05, 4.69) is 30.7 Å². The predicted octanol–water partition coefficient (Wildman–Crippen LogP) is 2.39. The van der Waals surface area contributed by atoms with Crippen molar-refractivity contribution in [2.45, 2.75) is 6.36 Å². The van der Waals surface area contributed by atoms with Crippen LogP contribution in [0, 0.1) is 0 Å². The first kappa shape index (κ1) is 10.2. The molecule has 4 nitrogen and oxygen atoms in total. The van der Waals surface area contributed by atoms with Gasteiger partial charge in [-0.3, -0.25) is 0 Å². The van der Waals surface area contributed by atoms with E-state index < -0.39 is 6.36 Å². The summed E-state index contributed by atoms with van der Waals surface area (Å²) >= 11 is 2.96. The molecule has 0 fully saturated rings. The monoisotopic (exact) mass is 281 g/mol. The van der Waals surface area contributed by atoms with Gasteiger partial charge in [0.2, 0.25) is 4.73 Å². The molecular weight excluding hydrogens is 279 g/mol. The Hall–Kier alpha value is -1.31. The third kappa shape index (κ3) is 2.20. The largest absolute Gasteiger partial charge is 0.573 e. The van der Waals surface area contributed by atoms with Crippen LogP contribution in [0.15, 0.2) is 23.1 Å². The molecule has 0 aliphatic rings. The van der Waals surface area contributed by atoms with E-state index in [1.165, 1.54) is 22.8 Å². The van der Waals surface area contributed by atoms with Crippen LogP contribution in [0.2, 0.25) is 0 Å². The molecule has 2 aromatic rings. The number of nitrogens with zero attached hydrogens (tertiary/aromatic N) is 3. The van der Waals surface area contributed by atoms with Crippen LogP contribution in [-0.2, 0) is 0 Å². The zero-order valence-electron chi connectivity index (χ0n) is 6.99. The molecule has 0 bridgehead atoms. The van der Waals surface area contributed by atoms with Gasteiger partial charge in [0.05, 0.1) is 0 Å². The second kappa shape index (κ2) is 3.37. The Bertz CT molecular complexity index is 496. The van der Waals surface area contributed by atoms with Gasteiger partial charge in [-0.1, -0.05) is 0 Å². The summed E-state index contributed by atoms with van der Waals surface area (Å²) in [6.07, 6.45) is -3.27. The molecule has 0 unspecified atom stereocenters. The first-order valence-electron chi connectivity index (χ1n) is 3.72. The second-order valence-electron chi connectivity index (χ2n) is 2.57. The van der Waals surface area contributed by atoms with Gasteiger partial charge in [-0.25, -0.2) is 4.52 Å². The highest BCUT2D eigenvalue weighted by atomic mass is 79.9. The van der Waals surface area contributed by atoms with E-state index >= 15 is 0 Å². The van der Waals surface area contributed by atoms with E-state index in [1.807, 2.05) is 0 Å². The predicted molar refractivity (Wildman–Crippen MR) is 47.4 cm³/mol. The minimum atomic E-state index is -4.74. The molecule has 0 amide bonds. The Morgan fingerprint density at radius 2 is 2.13 bits per heavy atom. The molecular formula is C7H3BrF3N3O. The van der Waals surface area contributed by atoms with Crippen LogP contribution in [0.4, 0.5) is 13.2 Å². The van der Waals surface area contributed by atoms with Crippen molar-refractivity contribution in [1.29, 1.82) is 0 Å². The molecule has 15 heavy (non-hydrogen) atoms. The van der Waals surface area contributed by atoms with Crippen molar-refractivity contribution in [2.24, 2.45) is 0 Å². The molecule has 2 heterocycles. The van der Waals surface area contributed by atoms with Gasteiger partial charge in [0, 0.05) is 6.20 Å². The van der Waals surface area contributed by atoms with Crippen LogP contribution in [-0.4, -0.2) is 21.0 Å². The van der Waals surface area contributed by atoms with Crippen molar-refractivity contribution in [3.05, 3.63) is 23.1 Å². The number of ether oxygens (including phenoxy) is 1. The second-order valence-corrected chi connectivity index (χ2v) is 3.28. The van der Waals surface area contributed by atoms with Crippen LogP contribution in [0.5, 0.6) is 5.75 Å². The van der Waals surface area contributed by atoms with Crippen molar-refractivity contribution >= 4 is 21.6 Å². The Kier molecular flexibility index (Phi) is 2.29. The minimum Gasteiger partial charge on any atom is -0.402 e. The summed E-state index contributed by atoms with van der Waals surface area (Å²) in [6.45, 7) is 0. The molecule has 0 aliphatic carbocycles. The smallest absolute Gasteiger partial charge is 0.402 e. The van der Waals surface area contributed by atoms with E-state index in [4.69, 9.17) is 0 Å². The lowest BCUT2D eigenvalue weighted by molar-refractivity contribution is -0.274. The standard InChI is InChI=1S/C7H3BrF3N3O/c8-6-12-5-4(15-7(9,10)11)2-1-3-14(5)13-6/h1-3H. The van der Waals surface area contributed by atoms with Crippen LogP contribution in [0.1, 0.15) is 0 Å². The molecule has 2 rings (SSSR count). The van der Waals surface area contributed by atoms with Gasteiger partial charge in [0.15, 0.2) is 11.4 Å². The summed E-state index contributed by atoms with van der Waals surface area (Å²) in [7, 11) is 0. The van der Waals surface area contributed by atoms with Crippen LogP contribution in [0.3, 0.4) is 0 Å². The van der Waals surface area contributed by atoms with Crippen LogP contribution >= 0.6 is 15.9 Å². The van der Waals surface area contributed by atoms with Crippen molar-refractivity contribution in [3.63, 3.8) is 0 Å². The SMILES string of the molecule is FC(F)(F)Oc1cccn2nc(Br)nc12. The lowest BCUT2D eigenvalue weighted by Gasteiger charge is -2.08. The third-order valence-electron chi connectivity index (χ3n) is 1.53. The highest BCUT2D eigenvalue weighted by Crippen LogP contribution is 2.26. The van der Waals surface area contributed by atoms with Crippen LogP contribution < -0.4 is 4.74 Å². The van der Waals surface area contributed by atoms with E-state index in [-0.39, 0.29) is 16.1 Å². The minimum absolute atomic E-state index is 0.00157. The number of hydrogen-bond acceptors (Lipinski definition) is 3. The Morgan fingerprint density at radius 3 is 2.80 bits per heavy atom. The Labute approximate surface area is 89.8 Å². The number of alkyl halides is 3. The first-order chi connectivity index (χ1) is 6.96. The lowest BCUT2D eigenvalue weighted by atomic mass is 10.4. The molecule has 0 aromatic carbocycles. The summed E-state index contributed by atoms with van der Waals surface area (Å²) in [5.41, 5.74) is 0.00157. The molecule has 0 spiro atoms. The summed E-state index contributed by atoms with van der Waals surface area (Å²) in [4.78, 5) is 3.74. The molecule has 0 radical (unpaired) electrons. The zero-order valence-corrected chi connectivity index (χ0v) is 8.58. The molecule has 0 N–H and O–H groups in total.